The van der Waals surface area contributed by atoms with E-state index in [0.717, 1.165) is 22.0 Å². The lowest BCUT2D eigenvalue weighted by atomic mass is 10.1. The fourth-order valence-corrected chi connectivity index (χ4v) is 3.19. The van der Waals surface area contributed by atoms with Crippen LogP contribution in [-0.2, 0) is 9.53 Å². The van der Waals surface area contributed by atoms with E-state index in [1.165, 1.54) is 4.90 Å². The summed E-state index contributed by atoms with van der Waals surface area (Å²) in [7, 11) is 0. The number of benzene rings is 2. The van der Waals surface area contributed by atoms with Gasteiger partial charge in [0, 0.05) is 29.3 Å². The van der Waals surface area contributed by atoms with E-state index in [1.54, 1.807) is 6.20 Å². The summed E-state index contributed by atoms with van der Waals surface area (Å²) >= 11 is 0. The van der Waals surface area contributed by atoms with Crippen molar-refractivity contribution in [3.8, 4) is 6.07 Å². The van der Waals surface area contributed by atoms with Gasteiger partial charge in [-0.05, 0) is 43.2 Å². The zero-order chi connectivity index (χ0) is 20.1. The molecule has 1 N–H and O–H groups in total. The van der Waals surface area contributed by atoms with Crippen molar-refractivity contribution in [3.05, 3.63) is 65.4 Å². The zero-order valence-electron chi connectivity index (χ0n) is 15.9. The molecule has 28 heavy (non-hydrogen) atoms. The van der Waals surface area contributed by atoms with E-state index < -0.39 is 12.6 Å². The second-order valence-electron chi connectivity index (χ2n) is 6.62. The van der Waals surface area contributed by atoms with Crippen LogP contribution in [0.1, 0.15) is 27.9 Å². The summed E-state index contributed by atoms with van der Waals surface area (Å²) in [5, 5.41) is 9.67. The number of anilines is 1. The first-order chi connectivity index (χ1) is 13.5. The molecule has 0 unspecified atom stereocenters. The van der Waals surface area contributed by atoms with Crippen LogP contribution in [0.2, 0.25) is 0 Å². The summed E-state index contributed by atoms with van der Waals surface area (Å²) < 4.78 is 5.27. The van der Waals surface area contributed by atoms with Crippen molar-refractivity contribution in [2.75, 3.05) is 18.1 Å². The van der Waals surface area contributed by atoms with Crippen LogP contribution >= 0.6 is 0 Å². The lowest BCUT2D eigenvalue weighted by molar-refractivity contribution is -0.121. The Balaban J connectivity index is 1.74. The number of carbonyl (C=O) groups excluding carboxylic acids is 2. The Morgan fingerprint density at radius 2 is 1.86 bits per heavy atom. The first kappa shape index (κ1) is 19.2. The third kappa shape index (κ3) is 4.21. The van der Waals surface area contributed by atoms with Gasteiger partial charge in [0.15, 0.2) is 6.61 Å². The maximum Gasteiger partial charge on any atom is 0.340 e. The summed E-state index contributed by atoms with van der Waals surface area (Å²) in [6.07, 6.45) is 1.77. The van der Waals surface area contributed by atoms with Gasteiger partial charge < -0.3 is 14.6 Å². The lowest BCUT2D eigenvalue weighted by Gasteiger charge is -2.22. The second-order valence-corrected chi connectivity index (χ2v) is 6.62. The number of aromatic amines is 1. The molecule has 3 rings (SSSR count). The quantitative estimate of drug-likeness (QED) is 0.662. The maximum absolute atomic E-state index is 12.7. The Morgan fingerprint density at radius 1 is 1.14 bits per heavy atom. The molecule has 0 bridgehead atoms. The third-order valence-corrected chi connectivity index (χ3v) is 4.40. The monoisotopic (exact) mass is 375 g/mol. The van der Waals surface area contributed by atoms with Crippen LogP contribution in [0.25, 0.3) is 10.9 Å². The minimum Gasteiger partial charge on any atom is -0.452 e. The molecule has 0 saturated heterocycles. The number of hydrogen-bond donors (Lipinski definition) is 1. The van der Waals surface area contributed by atoms with Gasteiger partial charge in [0.2, 0.25) is 0 Å². The average Bonchev–Trinajstić information content (AvgIpc) is 3.10. The minimum atomic E-state index is -0.563. The normalized spacial score (nSPS) is 10.5. The van der Waals surface area contributed by atoms with E-state index >= 15 is 0 Å². The maximum atomic E-state index is 12.7. The van der Waals surface area contributed by atoms with Gasteiger partial charge >= 0.3 is 5.97 Å². The second kappa shape index (κ2) is 8.40. The number of nitrogens with one attached hydrogen (secondary N) is 1. The molecule has 0 radical (unpaired) electrons. The third-order valence-electron chi connectivity index (χ3n) is 4.40. The lowest BCUT2D eigenvalue weighted by Crippen LogP contribution is -2.35. The average molecular weight is 375 g/mol. The van der Waals surface area contributed by atoms with Gasteiger partial charge in [0.1, 0.15) is 0 Å². The van der Waals surface area contributed by atoms with Gasteiger partial charge in [-0.2, -0.15) is 5.26 Å². The van der Waals surface area contributed by atoms with Gasteiger partial charge in [-0.25, -0.2) is 4.79 Å². The number of rotatable bonds is 6. The molecule has 0 aliphatic heterocycles. The molecule has 6 heteroatoms. The molecule has 1 heterocycles. The van der Waals surface area contributed by atoms with E-state index in [9.17, 15) is 9.59 Å². The molecule has 0 atom stereocenters. The Labute approximate surface area is 163 Å². The Hall–Kier alpha value is -3.59. The van der Waals surface area contributed by atoms with Crippen LogP contribution in [0.5, 0.6) is 0 Å². The summed E-state index contributed by atoms with van der Waals surface area (Å²) in [6, 6.07) is 15.2. The molecule has 0 aliphatic rings. The summed E-state index contributed by atoms with van der Waals surface area (Å²) in [6.45, 7) is 3.74. The van der Waals surface area contributed by atoms with E-state index in [0.29, 0.717) is 11.3 Å². The molecule has 0 saturated carbocycles. The van der Waals surface area contributed by atoms with Crippen LogP contribution in [0.4, 0.5) is 5.69 Å². The van der Waals surface area contributed by atoms with Gasteiger partial charge in [-0.1, -0.05) is 24.3 Å². The van der Waals surface area contributed by atoms with E-state index in [1.807, 2.05) is 56.3 Å². The van der Waals surface area contributed by atoms with Gasteiger partial charge in [0.05, 0.1) is 18.1 Å². The fourth-order valence-electron chi connectivity index (χ4n) is 3.19. The van der Waals surface area contributed by atoms with Crippen LogP contribution < -0.4 is 4.90 Å². The van der Waals surface area contributed by atoms with E-state index in [-0.39, 0.29) is 18.9 Å². The number of nitriles is 1. The van der Waals surface area contributed by atoms with E-state index in [4.69, 9.17) is 10.00 Å². The summed E-state index contributed by atoms with van der Waals surface area (Å²) in [5.41, 5.74) is 3.94. The van der Waals surface area contributed by atoms with Crippen molar-refractivity contribution in [1.29, 1.82) is 5.26 Å². The number of esters is 1. The van der Waals surface area contributed by atoms with Crippen molar-refractivity contribution in [2.45, 2.75) is 20.3 Å². The van der Waals surface area contributed by atoms with E-state index in [2.05, 4.69) is 11.1 Å². The molecule has 1 aromatic heterocycles. The Morgan fingerprint density at radius 3 is 2.57 bits per heavy atom. The number of fused-ring (bicyclic) bond motifs is 1. The summed E-state index contributed by atoms with van der Waals surface area (Å²) in [4.78, 5) is 29.7. The molecular weight excluding hydrogens is 354 g/mol. The first-order valence-electron chi connectivity index (χ1n) is 8.98. The SMILES string of the molecule is Cc1cc(C)cc(N(CCC#N)C(=O)COC(=O)c2c[nH]c3ccccc23)c1. The molecule has 2 aromatic carbocycles. The Kier molecular flexibility index (Phi) is 5.75. The smallest absolute Gasteiger partial charge is 0.340 e. The number of aromatic nitrogens is 1. The molecule has 6 nitrogen and oxygen atoms in total. The highest BCUT2D eigenvalue weighted by Gasteiger charge is 2.20. The number of para-hydroxylation sites is 1. The topological polar surface area (TPSA) is 86.2 Å². The van der Waals surface area contributed by atoms with Crippen LogP contribution in [-0.4, -0.2) is 30.0 Å². The van der Waals surface area contributed by atoms with Gasteiger partial charge in [-0.15, -0.1) is 0 Å². The number of carbonyl (C=O) groups is 2. The molecule has 0 fully saturated rings. The number of aryl methyl sites for hydroxylation is 2. The van der Waals surface area contributed by atoms with Crippen LogP contribution in [0.15, 0.2) is 48.7 Å². The molecule has 0 spiro atoms. The van der Waals surface area contributed by atoms with Crippen molar-refractivity contribution < 1.29 is 14.3 Å². The van der Waals surface area contributed by atoms with Crippen molar-refractivity contribution in [2.24, 2.45) is 0 Å². The zero-order valence-corrected chi connectivity index (χ0v) is 15.9. The summed E-state index contributed by atoms with van der Waals surface area (Å²) in [5.74, 6) is -0.931. The number of hydrogen-bond acceptors (Lipinski definition) is 4. The van der Waals surface area contributed by atoms with Crippen molar-refractivity contribution in [1.82, 2.24) is 4.98 Å². The molecule has 142 valence electrons. The predicted octanol–water partition coefficient (Wildman–Crippen LogP) is 3.89. The minimum absolute atomic E-state index is 0.190. The first-order valence-corrected chi connectivity index (χ1v) is 8.98. The van der Waals surface area contributed by atoms with Gasteiger partial charge in [-0.3, -0.25) is 4.79 Å². The highest BCUT2D eigenvalue weighted by atomic mass is 16.5. The van der Waals surface area contributed by atoms with Crippen LogP contribution in [0.3, 0.4) is 0 Å². The number of amides is 1. The highest BCUT2D eigenvalue weighted by molar-refractivity contribution is 6.05. The number of nitrogens with zero attached hydrogens (tertiary/aromatic N) is 2. The molecule has 0 aliphatic carbocycles. The van der Waals surface area contributed by atoms with Gasteiger partial charge in [0.25, 0.3) is 5.91 Å². The number of H-pyrrole nitrogens is 1. The fraction of sp³-hybridized carbons (Fsp3) is 0.227. The van der Waals surface area contributed by atoms with Crippen molar-refractivity contribution in [3.63, 3.8) is 0 Å². The number of ether oxygens (including phenoxy) is 1. The van der Waals surface area contributed by atoms with Crippen molar-refractivity contribution >= 4 is 28.5 Å². The van der Waals surface area contributed by atoms with Crippen LogP contribution in [0, 0.1) is 25.2 Å². The Bertz CT molecular complexity index is 1040. The molecular formula is C22H21N3O3. The molecule has 1 amide bonds. The highest BCUT2D eigenvalue weighted by Crippen LogP contribution is 2.21. The standard InChI is InChI=1S/C22H21N3O3/c1-15-10-16(2)12-17(11-15)25(9-5-8-23)21(26)14-28-22(27)19-13-24-20-7-4-3-6-18(19)20/h3-4,6-7,10-13,24H,5,9,14H2,1-2H3. The largest absolute Gasteiger partial charge is 0.452 e. The predicted molar refractivity (Wildman–Crippen MR) is 107 cm³/mol. The molecule has 3 aromatic rings.